The van der Waals surface area contributed by atoms with E-state index >= 15 is 0 Å². The summed E-state index contributed by atoms with van der Waals surface area (Å²) in [5.74, 6) is 0.919. The average molecular weight is 415 g/mol. The van der Waals surface area contributed by atoms with Gasteiger partial charge in [0.1, 0.15) is 11.9 Å². The SMILES string of the molecule is Cc1cc(Cl)cc(-c2ccnc3cc(CO)sc23)c1O[C@@H]1C[C@H]2CC[C@@H](C1)N2. The van der Waals surface area contributed by atoms with Gasteiger partial charge in [0.15, 0.2) is 0 Å². The Morgan fingerprint density at radius 1 is 1.21 bits per heavy atom. The van der Waals surface area contributed by atoms with Gasteiger partial charge in [0.05, 0.1) is 16.8 Å². The van der Waals surface area contributed by atoms with E-state index in [9.17, 15) is 5.11 Å². The molecule has 4 nitrogen and oxygen atoms in total. The fourth-order valence-electron chi connectivity index (χ4n) is 4.63. The van der Waals surface area contributed by atoms with Crippen LogP contribution < -0.4 is 10.1 Å². The largest absolute Gasteiger partial charge is 0.489 e. The van der Waals surface area contributed by atoms with Gasteiger partial charge < -0.3 is 15.2 Å². The van der Waals surface area contributed by atoms with Crippen LogP contribution in [-0.2, 0) is 6.61 Å². The molecule has 0 saturated carbocycles. The van der Waals surface area contributed by atoms with Gasteiger partial charge in [-0.25, -0.2) is 0 Å². The van der Waals surface area contributed by atoms with Crippen molar-refractivity contribution < 1.29 is 9.84 Å². The summed E-state index contributed by atoms with van der Waals surface area (Å²) in [7, 11) is 0. The van der Waals surface area contributed by atoms with E-state index in [1.165, 1.54) is 12.8 Å². The maximum absolute atomic E-state index is 9.55. The van der Waals surface area contributed by atoms with Gasteiger partial charge in [0.25, 0.3) is 0 Å². The Morgan fingerprint density at radius 3 is 2.75 bits per heavy atom. The van der Waals surface area contributed by atoms with Crippen molar-refractivity contribution in [2.45, 2.75) is 57.4 Å². The molecule has 4 heterocycles. The zero-order valence-corrected chi connectivity index (χ0v) is 17.3. The van der Waals surface area contributed by atoms with E-state index in [4.69, 9.17) is 16.3 Å². The van der Waals surface area contributed by atoms with Gasteiger partial charge in [-0.2, -0.15) is 0 Å². The first-order chi connectivity index (χ1) is 13.6. The molecule has 2 N–H and O–H groups in total. The van der Waals surface area contributed by atoms with Gasteiger partial charge in [0, 0.05) is 39.3 Å². The maximum Gasteiger partial charge on any atom is 0.130 e. The van der Waals surface area contributed by atoms with E-state index in [2.05, 4.69) is 17.2 Å². The smallest absolute Gasteiger partial charge is 0.130 e. The molecule has 3 atom stereocenters. The van der Waals surface area contributed by atoms with Crippen molar-refractivity contribution >= 4 is 33.2 Å². The van der Waals surface area contributed by atoms with Crippen LogP contribution in [0, 0.1) is 6.92 Å². The van der Waals surface area contributed by atoms with Crippen LogP contribution in [0.5, 0.6) is 5.75 Å². The molecule has 2 bridgehead atoms. The van der Waals surface area contributed by atoms with Crippen molar-refractivity contribution in [3.05, 3.63) is 45.9 Å². The number of aromatic nitrogens is 1. The Labute approximate surface area is 173 Å². The summed E-state index contributed by atoms with van der Waals surface area (Å²) < 4.78 is 7.68. The second-order valence-corrected chi connectivity index (χ2v) is 9.47. The lowest BCUT2D eigenvalue weighted by Crippen LogP contribution is -2.42. The first-order valence-corrected chi connectivity index (χ1v) is 11.0. The van der Waals surface area contributed by atoms with E-state index in [0.717, 1.165) is 50.4 Å². The molecule has 0 spiro atoms. The molecule has 2 aliphatic rings. The molecule has 3 aromatic rings. The number of halogens is 1. The van der Waals surface area contributed by atoms with E-state index in [1.807, 2.05) is 30.5 Å². The molecule has 2 aliphatic heterocycles. The number of piperidine rings is 1. The number of hydrogen-bond donors (Lipinski definition) is 2. The summed E-state index contributed by atoms with van der Waals surface area (Å²) in [4.78, 5) is 5.38. The summed E-state index contributed by atoms with van der Waals surface area (Å²) in [6.45, 7) is 2.09. The normalized spacial score (nSPS) is 24.0. The predicted octanol–water partition coefficient (Wildman–Crippen LogP) is 5.08. The van der Waals surface area contributed by atoms with Crippen LogP contribution in [0.1, 0.15) is 36.1 Å². The monoisotopic (exact) mass is 414 g/mol. The third kappa shape index (κ3) is 3.30. The molecule has 146 valence electrons. The number of aryl methyl sites for hydroxylation is 1. The molecule has 0 radical (unpaired) electrons. The topological polar surface area (TPSA) is 54.4 Å². The Morgan fingerprint density at radius 2 is 2.00 bits per heavy atom. The zero-order chi connectivity index (χ0) is 19.3. The van der Waals surface area contributed by atoms with E-state index in [0.29, 0.717) is 17.1 Å². The minimum Gasteiger partial charge on any atom is -0.489 e. The molecule has 2 fully saturated rings. The van der Waals surface area contributed by atoms with Crippen molar-refractivity contribution in [2.24, 2.45) is 0 Å². The van der Waals surface area contributed by atoms with Crippen molar-refractivity contribution in [2.75, 3.05) is 0 Å². The summed E-state index contributed by atoms with van der Waals surface area (Å²) in [5.41, 5.74) is 4.02. The van der Waals surface area contributed by atoms with Crippen molar-refractivity contribution in [1.29, 1.82) is 0 Å². The number of pyridine rings is 1. The fraction of sp³-hybridized carbons (Fsp3) is 0.409. The fourth-order valence-corrected chi connectivity index (χ4v) is 5.91. The number of nitrogens with zero attached hydrogens (tertiary/aromatic N) is 1. The van der Waals surface area contributed by atoms with Crippen molar-refractivity contribution in [3.63, 3.8) is 0 Å². The maximum atomic E-state index is 9.55. The van der Waals surface area contributed by atoms with Crippen LogP contribution in [0.4, 0.5) is 0 Å². The van der Waals surface area contributed by atoms with Gasteiger partial charge in [-0.15, -0.1) is 11.3 Å². The molecule has 6 heteroatoms. The van der Waals surface area contributed by atoms with Crippen LogP contribution in [0.25, 0.3) is 21.3 Å². The number of hydrogen-bond acceptors (Lipinski definition) is 5. The van der Waals surface area contributed by atoms with Gasteiger partial charge in [0.2, 0.25) is 0 Å². The molecule has 1 aromatic carbocycles. The minimum atomic E-state index is 0.0241. The number of thiophene rings is 1. The summed E-state index contributed by atoms with van der Waals surface area (Å²) in [6, 6.07) is 9.10. The number of ether oxygens (including phenoxy) is 1. The highest BCUT2D eigenvalue weighted by Crippen LogP contribution is 2.42. The van der Waals surface area contributed by atoms with Crippen LogP contribution in [0.2, 0.25) is 5.02 Å². The standard InChI is InChI=1S/C22H23ClN2O2S/c1-12-6-13(23)7-19(18-4-5-24-20-10-17(11-26)28-22(18)20)21(12)27-16-8-14-2-3-15(9-16)25-14/h4-7,10,14-16,25-26H,2-3,8-9,11H2,1H3/t14-,15+,16-. The molecule has 28 heavy (non-hydrogen) atoms. The van der Waals surface area contributed by atoms with Crippen LogP contribution >= 0.6 is 22.9 Å². The molecular weight excluding hydrogens is 392 g/mol. The van der Waals surface area contributed by atoms with Crippen LogP contribution in [-0.4, -0.2) is 28.3 Å². The Hall–Kier alpha value is -1.66. The van der Waals surface area contributed by atoms with Crippen LogP contribution in [0.3, 0.4) is 0 Å². The molecule has 0 amide bonds. The van der Waals surface area contributed by atoms with E-state index < -0.39 is 0 Å². The molecule has 0 unspecified atom stereocenters. The Balaban J connectivity index is 1.59. The zero-order valence-electron chi connectivity index (χ0n) is 15.7. The Bertz CT molecular complexity index is 1020. The minimum absolute atomic E-state index is 0.0241. The molecule has 2 saturated heterocycles. The number of benzene rings is 1. The third-order valence-corrected chi connectivity index (χ3v) is 7.22. The second kappa shape index (κ2) is 7.30. The highest BCUT2D eigenvalue weighted by Gasteiger charge is 2.35. The van der Waals surface area contributed by atoms with E-state index in [-0.39, 0.29) is 12.7 Å². The van der Waals surface area contributed by atoms with Gasteiger partial charge >= 0.3 is 0 Å². The molecule has 2 aromatic heterocycles. The highest BCUT2D eigenvalue weighted by atomic mass is 35.5. The lowest BCUT2D eigenvalue weighted by molar-refractivity contribution is 0.137. The van der Waals surface area contributed by atoms with Gasteiger partial charge in [-0.3, -0.25) is 4.98 Å². The molecule has 5 rings (SSSR count). The number of fused-ring (bicyclic) bond motifs is 3. The lowest BCUT2D eigenvalue weighted by Gasteiger charge is -2.31. The first kappa shape index (κ1) is 18.4. The Kier molecular flexibility index (Phi) is 4.79. The predicted molar refractivity (Wildman–Crippen MR) is 114 cm³/mol. The van der Waals surface area contributed by atoms with E-state index in [1.54, 1.807) is 11.3 Å². The van der Waals surface area contributed by atoms with Crippen LogP contribution in [0.15, 0.2) is 30.5 Å². The molecule has 0 aliphatic carbocycles. The second-order valence-electron chi connectivity index (χ2n) is 7.89. The summed E-state index contributed by atoms with van der Waals surface area (Å²) >= 11 is 8.01. The first-order valence-electron chi connectivity index (χ1n) is 9.82. The molecular formula is C22H23ClN2O2S. The number of rotatable bonds is 4. The highest BCUT2D eigenvalue weighted by molar-refractivity contribution is 7.19. The van der Waals surface area contributed by atoms with Crippen molar-refractivity contribution in [3.8, 4) is 16.9 Å². The quantitative estimate of drug-likeness (QED) is 0.625. The van der Waals surface area contributed by atoms with Gasteiger partial charge in [-0.05, 0) is 62.4 Å². The number of nitrogens with one attached hydrogen (secondary N) is 1. The summed E-state index contributed by atoms with van der Waals surface area (Å²) in [6.07, 6.45) is 6.65. The summed E-state index contributed by atoms with van der Waals surface area (Å²) in [5, 5.41) is 13.9. The third-order valence-electron chi connectivity index (χ3n) is 5.86. The number of aliphatic hydroxyl groups is 1. The van der Waals surface area contributed by atoms with Gasteiger partial charge in [-0.1, -0.05) is 11.6 Å². The number of aliphatic hydroxyl groups excluding tert-OH is 1. The lowest BCUT2D eigenvalue weighted by atomic mass is 10.00. The van der Waals surface area contributed by atoms with Crippen molar-refractivity contribution in [1.82, 2.24) is 10.3 Å². The average Bonchev–Trinajstić information content (AvgIpc) is 3.26.